The summed E-state index contributed by atoms with van der Waals surface area (Å²) in [5.74, 6) is -0.352. The SMILES string of the molecule is CCOC(=O)c1cnn(-c2ccc(C)cc2)c1CCN. The largest absolute Gasteiger partial charge is 0.462 e. The van der Waals surface area contributed by atoms with Gasteiger partial charge in [0, 0.05) is 6.42 Å². The second-order valence-corrected chi connectivity index (χ2v) is 4.51. The molecule has 0 aliphatic heterocycles. The Kier molecular flexibility index (Phi) is 4.53. The average Bonchev–Trinajstić information content (AvgIpc) is 2.84. The summed E-state index contributed by atoms with van der Waals surface area (Å²) in [6, 6.07) is 7.95. The standard InChI is InChI=1S/C15H19N3O2/c1-3-20-15(19)13-10-17-18(14(13)8-9-16)12-6-4-11(2)5-7-12/h4-7,10H,3,8-9,16H2,1-2H3. The Balaban J connectivity index is 2.43. The summed E-state index contributed by atoms with van der Waals surface area (Å²) in [5.41, 5.74) is 9.00. The van der Waals surface area contributed by atoms with E-state index < -0.39 is 0 Å². The Hall–Kier alpha value is -2.14. The lowest BCUT2D eigenvalue weighted by atomic mass is 10.1. The smallest absolute Gasteiger partial charge is 0.341 e. The summed E-state index contributed by atoms with van der Waals surface area (Å²) in [6.07, 6.45) is 2.12. The van der Waals surface area contributed by atoms with E-state index in [0.29, 0.717) is 25.1 Å². The van der Waals surface area contributed by atoms with Crippen LogP contribution in [0.2, 0.25) is 0 Å². The van der Waals surface area contributed by atoms with Crippen molar-refractivity contribution in [3.8, 4) is 5.69 Å². The van der Waals surface area contributed by atoms with Crippen molar-refractivity contribution < 1.29 is 9.53 Å². The van der Waals surface area contributed by atoms with Gasteiger partial charge in [0.25, 0.3) is 0 Å². The fourth-order valence-corrected chi connectivity index (χ4v) is 2.04. The number of hydrogen-bond donors (Lipinski definition) is 1. The first kappa shape index (κ1) is 14.3. The number of ether oxygens (including phenoxy) is 1. The highest BCUT2D eigenvalue weighted by Crippen LogP contribution is 2.17. The molecule has 0 unspecified atom stereocenters. The van der Waals surface area contributed by atoms with Gasteiger partial charge in [-0.2, -0.15) is 5.10 Å². The third-order valence-electron chi connectivity index (χ3n) is 3.02. The Bertz CT molecular complexity index is 588. The molecule has 0 amide bonds. The van der Waals surface area contributed by atoms with Crippen molar-refractivity contribution in [3.05, 3.63) is 47.3 Å². The van der Waals surface area contributed by atoms with Gasteiger partial charge in [-0.25, -0.2) is 9.48 Å². The van der Waals surface area contributed by atoms with Gasteiger partial charge in [-0.3, -0.25) is 0 Å². The lowest BCUT2D eigenvalue weighted by Gasteiger charge is -2.09. The molecule has 2 rings (SSSR count). The van der Waals surface area contributed by atoms with E-state index in [1.165, 1.54) is 5.56 Å². The van der Waals surface area contributed by atoms with E-state index in [9.17, 15) is 4.79 Å². The van der Waals surface area contributed by atoms with Gasteiger partial charge in [-0.15, -0.1) is 0 Å². The average molecular weight is 273 g/mol. The molecule has 0 radical (unpaired) electrons. The van der Waals surface area contributed by atoms with Crippen molar-refractivity contribution in [1.82, 2.24) is 9.78 Å². The zero-order chi connectivity index (χ0) is 14.5. The van der Waals surface area contributed by atoms with Gasteiger partial charge in [0.05, 0.1) is 24.2 Å². The van der Waals surface area contributed by atoms with Gasteiger partial charge in [-0.05, 0) is 32.5 Å². The van der Waals surface area contributed by atoms with Gasteiger partial charge in [0.15, 0.2) is 0 Å². The van der Waals surface area contributed by atoms with Crippen LogP contribution in [0.1, 0.15) is 28.5 Å². The van der Waals surface area contributed by atoms with Gasteiger partial charge in [0.1, 0.15) is 5.56 Å². The quantitative estimate of drug-likeness (QED) is 0.844. The Labute approximate surface area is 118 Å². The Morgan fingerprint density at radius 3 is 2.65 bits per heavy atom. The summed E-state index contributed by atoms with van der Waals surface area (Å²) in [7, 11) is 0. The summed E-state index contributed by atoms with van der Waals surface area (Å²) in [5, 5.41) is 4.30. The molecule has 0 saturated carbocycles. The topological polar surface area (TPSA) is 70.1 Å². The molecule has 0 aliphatic rings. The molecule has 20 heavy (non-hydrogen) atoms. The van der Waals surface area contributed by atoms with E-state index in [-0.39, 0.29) is 5.97 Å². The van der Waals surface area contributed by atoms with Crippen LogP contribution in [0, 0.1) is 6.92 Å². The van der Waals surface area contributed by atoms with E-state index >= 15 is 0 Å². The van der Waals surface area contributed by atoms with Gasteiger partial charge >= 0.3 is 5.97 Å². The zero-order valence-corrected chi connectivity index (χ0v) is 11.8. The monoisotopic (exact) mass is 273 g/mol. The normalized spacial score (nSPS) is 10.6. The molecule has 2 N–H and O–H groups in total. The van der Waals surface area contributed by atoms with E-state index in [4.69, 9.17) is 10.5 Å². The van der Waals surface area contributed by atoms with Crippen molar-refractivity contribution in [2.24, 2.45) is 5.73 Å². The first-order chi connectivity index (χ1) is 9.67. The number of aryl methyl sites for hydroxylation is 1. The highest BCUT2D eigenvalue weighted by Gasteiger charge is 2.18. The highest BCUT2D eigenvalue weighted by molar-refractivity contribution is 5.90. The van der Waals surface area contributed by atoms with Crippen LogP contribution in [0.25, 0.3) is 5.69 Å². The summed E-state index contributed by atoms with van der Waals surface area (Å²) in [6.45, 7) is 4.60. The minimum absolute atomic E-state index is 0.344. The van der Waals surface area contributed by atoms with Crippen molar-refractivity contribution in [2.75, 3.05) is 13.2 Å². The predicted octanol–water partition coefficient (Wildman–Crippen LogP) is 1.86. The number of rotatable bonds is 5. The van der Waals surface area contributed by atoms with E-state index in [2.05, 4.69) is 5.10 Å². The van der Waals surface area contributed by atoms with Crippen LogP contribution in [0.4, 0.5) is 0 Å². The molecule has 0 bridgehead atoms. The van der Waals surface area contributed by atoms with Crippen LogP contribution in [0.3, 0.4) is 0 Å². The molecule has 0 fully saturated rings. The molecule has 1 aromatic carbocycles. The molecule has 2 aromatic rings. The molecule has 5 heteroatoms. The van der Waals surface area contributed by atoms with Crippen molar-refractivity contribution >= 4 is 5.97 Å². The van der Waals surface area contributed by atoms with Crippen LogP contribution in [-0.4, -0.2) is 28.9 Å². The van der Waals surface area contributed by atoms with E-state index in [1.807, 2.05) is 31.2 Å². The molecule has 1 heterocycles. The second kappa shape index (κ2) is 6.34. The summed E-state index contributed by atoms with van der Waals surface area (Å²) >= 11 is 0. The second-order valence-electron chi connectivity index (χ2n) is 4.51. The number of aromatic nitrogens is 2. The van der Waals surface area contributed by atoms with Crippen LogP contribution >= 0.6 is 0 Å². The van der Waals surface area contributed by atoms with Gasteiger partial charge in [-0.1, -0.05) is 17.7 Å². The molecule has 106 valence electrons. The molecular formula is C15H19N3O2. The van der Waals surface area contributed by atoms with Crippen molar-refractivity contribution in [3.63, 3.8) is 0 Å². The fraction of sp³-hybridized carbons (Fsp3) is 0.333. The van der Waals surface area contributed by atoms with E-state index in [1.54, 1.807) is 17.8 Å². The minimum Gasteiger partial charge on any atom is -0.462 e. The first-order valence-corrected chi connectivity index (χ1v) is 6.68. The Morgan fingerprint density at radius 1 is 1.35 bits per heavy atom. The van der Waals surface area contributed by atoms with Gasteiger partial charge in [0.2, 0.25) is 0 Å². The van der Waals surface area contributed by atoms with Crippen molar-refractivity contribution in [1.29, 1.82) is 0 Å². The lowest BCUT2D eigenvalue weighted by Crippen LogP contribution is -2.13. The fourth-order valence-electron chi connectivity index (χ4n) is 2.04. The number of carbonyl (C=O) groups is 1. The molecule has 5 nitrogen and oxygen atoms in total. The molecule has 1 aromatic heterocycles. The molecule has 0 atom stereocenters. The molecule has 0 aliphatic carbocycles. The number of benzene rings is 1. The predicted molar refractivity (Wildman–Crippen MR) is 77.0 cm³/mol. The number of nitrogens with two attached hydrogens (primary N) is 1. The highest BCUT2D eigenvalue weighted by atomic mass is 16.5. The van der Waals surface area contributed by atoms with Crippen LogP contribution in [-0.2, 0) is 11.2 Å². The van der Waals surface area contributed by atoms with Crippen LogP contribution < -0.4 is 5.73 Å². The van der Waals surface area contributed by atoms with Gasteiger partial charge < -0.3 is 10.5 Å². The van der Waals surface area contributed by atoms with Crippen molar-refractivity contribution in [2.45, 2.75) is 20.3 Å². The summed E-state index contributed by atoms with van der Waals surface area (Å²) in [4.78, 5) is 11.9. The zero-order valence-electron chi connectivity index (χ0n) is 11.8. The first-order valence-electron chi connectivity index (χ1n) is 6.68. The van der Waals surface area contributed by atoms with Crippen LogP contribution in [0.5, 0.6) is 0 Å². The number of esters is 1. The maximum Gasteiger partial charge on any atom is 0.341 e. The lowest BCUT2D eigenvalue weighted by molar-refractivity contribution is 0.0525. The minimum atomic E-state index is -0.352. The van der Waals surface area contributed by atoms with Crippen LogP contribution in [0.15, 0.2) is 30.5 Å². The number of carbonyl (C=O) groups excluding carboxylic acids is 1. The maximum atomic E-state index is 11.9. The Morgan fingerprint density at radius 2 is 2.05 bits per heavy atom. The number of nitrogens with zero attached hydrogens (tertiary/aromatic N) is 2. The molecular weight excluding hydrogens is 254 g/mol. The molecule has 0 saturated heterocycles. The maximum absolute atomic E-state index is 11.9. The number of hydrogen-bond acceptors (Lipinski definition) is 4. The third-order valence-corrected chi connectivity index (χ3v) is 3.02. The third kappa shape index (κ3) is 2.88. The molecule has 0 spiro atoms. The summed E-state index contributed by atoms with van der Waals surface area (Å²) < 4.78 is 6.80. The van der Waals surface area contributed by atoms with E-state index in [0.717, 1.165) is 11.4 Å².